The molecule has 0 aromatic heterocycles. The Morgan fingerprint density at radius 3 is 2.78 bits per heavy atom. The summed E-state index contributed by atoms with van der Waals surface area (Å²) in [5.74, 6) is 0.724. The predicted octanol–water partition coefficient (Wildman–Crippen LogP) is 2.32. The minimum atomic E-state index is 0.278. The fourth-order valence-corrected chi connectivity index (χ4v) is 3.80. The van der Waals surface area contributed by atoms with Crippen LogP contribution in [0.3, 0.4) is 0 Å². The number of methoxy groups -OCH3 is 1. The van der Waals surface area contributed by atoms with Gasteiger partial charge in [0.15, 0.2) is 0 Å². The number of hydrogen-bond acceptors (Lipinski definition) is 3. The quantitative estimate of drug-likeness (QED) is 0.774. The van der Waals surface area contributed by atoms with E-state index >= 15 is 0 Å². The molecule has 0 N–H and O–H groups in total. The van der Waals surface area contributed by atoms with E-state index < -0.39 is 0 Å². The van der Waals surface area contributed by atoms with Crippen LogP contribution in [-0.4, -0.2) is 55.6 Å². The van der Waals surface area contributed by atoms with Crippen molar-refractivity contribution in [2.75, 3.05) is 39.9 Å². The lowest BCUT2D eigenvalue weighted by molar-refractivity contribution is -0.128. The molecule has 2 aliphatic rings. The normalized spacial score (nSPS) is 22.2. The number of ether oxygens (including phenoxy) is 1. The Balaban J connectivity index is 1.54. The van der Waals surface area contributed by atoms with Crippen LogP contribution in [0.5, 0.6) is 0 Å². The molecule has 3 rings (SSSR count). The van der Waals surface area contributed by atoms with Gasteiger partial charge in [-0.25, -0.2) is 0 Å². The molecular formula is C19H28N2O2. The van der Waals surface area contributed by atoms with E-state index in [0.29, 0.717) is 18.9 Å². The Morgan fingerprint density at radius 1 is 1.22 bits per heavy atom. The van der Waals surface area contributed by atoms with Gasteiger partial charge in [-0.1, -0.05) is 24.3 Å². The molecule has 2 aliphatic heterocycles. The zero-order valence-electron chi connectivity index (χ0n) is 14.2. The molecule has 126 valence electrons. The molecule has 0 radical (unpaired) electrons. The zero-order valence-corrected chi connectivity index (χ0v) is 14.2. The maximum atomic E-state index is 12.0. The Bertz CT molecular complexity index is 526. The summed E-state index contributed by atoms with van der Waals surface area (Å²) in [7, 11) is 1.68. The molecule has 2 heterocycles. The number of carbonyl (C=O) groups excluding carboxylic acids is 1. The average molecular weight is 316 g/mol. The molecule has 0 bridgehead atoms. The number of carbonyl (C=O) groups is 1. The summed E-state index contributed by atoms with van der Waals surface area (Å²) in [4.78, 5) is 16.5. The van der Waals surface area contributed by atoms with Crippen LogP contribution in [0, 0.1) is 5.92 Å². The van der Waals surface area contributed by atoms with Crippen molar-refractivity contribution in [1.29, 1.82) is 0 Å². The largest absolute Gasteiger partial charge is 0.383 e. The maximum Gasteiger partial charge on any atom is 0.223 e. The lowest BCUT2D eigenvalue weighted by Crippen LogP contribution is -2.28. The number of likely N-dealkylation sites (tertiary alicyclic amines) is 2. The van der Waals surface area contributed by atoms with E-state index in [1.165, 1.54) is 37.1 Å². The molecule has 0 aliphatic carbocycles. The third-order valence-corrected chi connectivity index (χ3v) is 4.98. The van der Waals surface area contributed by atoms with Gasteiger partial charge in [0.2, 0.25) is 5.91 Å². The van der Waals surface area contributed by atoms with E-state index in [1.807, 2.05) is 4.90 Å². The SMILES string of the molecule is COCCN1C[C@@H](Cc2cccc(CN3CCCC3)c2)CC1=O. The molecule has 0 spiro atoms. The van der Waals surface area contributed by atoms with Gasteiger partial charge in [-0.15, -0.1) is 0 Å². The van der Waals surface area contributed by atoms with E-state index in [-0.39, 0.29) is 5.91 Å². The van der Waals surface area contributed by atoms with Gasteiger partial charge in [0.1, 0.15) is 0 Å². The highest BCUT2D eigenvalue weighted by atomic mass is 16.5. The maximum absolute atomic E-state index is 12.0. The van der Waals surface area contributed by atoms with Crippen molar-refractivity contribution in [3.05, 3.63) is 35.4 Å². The van der Waals surface area contributed by atoms with Crippen LogP contribution in [0.25, 0.3) is 0 Å². The van der Waals surface area contributed by atoms with Crippen molar-refractivity contribution < 1.29 is 9.53 Å². The second kappa shape index (κ2) is 7.93. The summed E-state index contributed by atoms with van der Waals surface area (Å²) >= 11 is 0. The van der Waals surface area contributed by atoms with Gasteiger partial charge in [-0.3, -0.25) is 9.69 Å². The smallest absolute Gasteiger partial charge is 0.223 e. The highest BCUT2D eigenvalue weighted by Crippen LogP contribution is 2.23. The second-order valence-electron chi connectivity index (χ2n) is 6.91. The molecule has 4 nitrogen and oxygen atoms in total. The standard InChI is InChI=1S/C19H28N2O2/c1-23-10-9-21-15-18(13-19(21)22)12-16-5-4-6-17(11-16)14-20-7-2-3-8-20/h4-6,11,18H,2-3,7-10,12-15H2,1H3/t18-/m0/s1. The molecule has 1 atom stereocenters. The third-order valence-electron chi connectivity index (χ3n) is 4.98. The van der Waals surface area contributed by atoms with E-state index in [9.17, 15) is 4.79 Å². The minimum absolute atomic E-state index is 0.278. The molecule has 2 saturated heterocycles. The Labute approximate surface area is 139 Å². The summed E-state index contributed by atoms with van der Waals surface area (Å²) in [6.45, 7) is 5.76. The lowest BCUT2D eigenvalue weighted by atomic mass is 9.97. The van der Waals surface area contributed by atoms with Crippen molar-refractivity contribution in [2.24, 2.45) is 5.92 Å². The first-order valence-electron chi connectivity index (χ1n) is 8.81. The predicted molar refractivity (Wildman–Crippen MR) is 91.2 cm³/mol. The Hall–Kier alpha value is -1.39. The summed E-state index contributed by atoms with van der Waals surface area (Å²) < 4.78 is 5.09. The fourth-order valence-electron chi connectivity index (χ4n) is 3.80. The highest BCUT2D eigenvalue weighted by Gasteiger charge is 2.29. The first-order valence-corrected chi connectivity index (χ1v) is 8.81. The Morgan fingerprint density at radius 2 is 2.00 bits per heavy atom. The number of amides is 1. The van der Waals surface area contributed by atoms with Gasteiger partial charge in [-0.05, 0) is 49.4 Å². The monoisotopic (exact) mass is 316 g/mol. The zero-order chi connectivity index (χ0) is 16.1. The fraction of sp³-hybridized carbons (Fsp3) is 0.632. The molecule has 23 heavy (non-hydrogen) atoms. The molecule has 2 fully saturated rings. The van der Waals surface area contributed by atoms with Crippen LogP contribution in [0.15, 0.2) is 24.3 Å². The second-order valence-corrected chi connectivity index (χ2v) is 6.91. The number of rotatable bonds is 7. The number of hydrogen-bond donors (Lipinski definition) is 0. The topological polar surface area (TPSA) is 32.8 Å². The van der Waals surface area contributed by atoms with Crippen molar-refractivity contribution in [2.45, 2.75) is 32.2 Å². The molecular weight excluding hydrogens is 288 g/mol. The van der Waals surface area contributed by atoms with Crippen LogP contribution in [-0.2, 0) is 22.5 Å². The van der Waals surface area contributed by atoms with E-state index in [0.717, 1.165) is 26.1 Å². The van der Waals surface area contributed by atoms with Gasteiger partial charge in [-0.2, -0.15) is 0 Å². The number of nitrogens with zero attached hydrogens (tertiary/aromatic N) is 2. The summed E-state index contributed by atoms with van der Waals surface area (Å²) in [6.07, 6.45) is 4.35. The highest BCUT2D eigenvalue weighted by molar-refractivity contribution is 5.78. The van der Waals surface area contributed by atoms with Crippen LogP contribution in [0.4, 0.5) is 0 Å². The van der Waals surface area contributed by atoms with E-state index in [2.05, 4.69) is 29.2 Å². The van der Waals surface area contributed by atoms with Crippen LogP contribution in [0.1, 0.15) is 30.4 Å². The molecule has 1 aromatic rings. The van der Waals surface area contributed by atoms with Crippen LogP contribution >= 0.6 is 0 Å². The van der Waals surface area contributed by atoms with Gasteiger partial charge in [0, 0.05) is 33.2 Å². The van der Waals surface area contributed by atoms with Crippen molar-refractivity contribution >= 4 is 5.91 Å². The van der Waals surface area contributed by atoms with Crippen molar-refractivity contribution in [3.63, 3.8) is 0 Å². The van der Waals surface area contributed by atoms with Gasteiger partial charge < -0.3 is 9.64 Å². The first-order chi connectivity index (χ1) is 11.2. The number of benzene rings is 1. The van der Waals surface area contributed by atoms with Gasteiger partial charge in [0.05, 0.1) is 6.61 Å². The molecule has 0 unspecified atom stereocenters. The average Bonchev–Trinajstić information content (AvgIpc) is 3.15. The summed E-state index contributed by atoms with van der Waals surface area (Å²) in [6, 6.07) is 8.93. The molecule has 1 amide bonds. The first kappa shape index (κ1) is 16.5. The minimum Gasteiger partial charge on any atom is -0.383 e. The van der Waals surface area contributed by atoms with Gasteiger partial charge >= 0.3 is 0 Å². The third kappa shape index (κ3) is 4.55. The summed E-state index contributed by atoms with van der Waals surface area (Å²) in [5.41, 5.74) is 2.78. The van der Waals surface area contributed by atoms with Gasteiger partial charge in [0.25, 0.3) is 0 Å². The lowest BCUT2D eigenvalue weighted by Gasteiger charge is -2.17. The van der Waals surface area contributed by atoms with Crippen molar-refractivity contribution in [3.8, 4) is 0 Å². The summed E-state index contributed by atoms with van der Waals surface area (Å²) in [5, 5.41) is 0. The molecule has 1 aromatic carbocycles. The van der Waals surface area contributed by atoms with Crippen LogP contribution < -0.4 is 0 Å². The van der Waals surface area contributed by atoms with E-state index in [1.54, 1.807) is 7.11 Å². The molecule has 4 heteroatoms. The van der Waals surface area contributed by atoms with E-state index in [4.69, 9.17) is 4.74 Å². The Kier molecular flexibility index (Phi) is 5.68. The van der Waals surface area contributed by atoms with Crippen molar-refractivity contribution in [1.82, 2.24) is 9.80 Å². The van der Waals surface area contributed by atoms with Crippen LogP contribution in [0.2, 0.25) is 0 Å². The molecule has 0 saturated carbocycles.